The standard InChI is InChI=1S/C14H16F3NOS/c15-9-5-11(16)13(17)12(6-9)18-10-1-3-19-14(7-10)2-4-20-8-14/h5-6,10,18H,1-4,7-8H2. The fourth-order valence-electron chi connectivity index (χ4n) is 2.90. The molecule has 0 saturated carbocycles. The van der Waals surface area contributed by atoms with E-state index >= 15 is 0 Å². The summed E-state index contributed by atoms with van der Waals surface area (Å²) in [5.74, 6) is -0.955. The van der Waals surface area contributed by atoms with Crippen molar-refractivity contribution in [1.29, 1.82) is 0 Å². The van der Waals surface area contributed by atoms with Crippen LogP contribution in [0.2, 0.25) is 0 Å². The third-order valence-electron chi connectivity index (χ3n) is 3.91. The zero-order valence-electron chi connectivity index (χ0n) is 10.9. The minimum absolute atomic E-state index is 0.0156. The first kappa shape index (κ1) is 14.1. The summed E-state index contributed by atoms with van der Waals surface area (Å²) < 4.78 is 45.9. The molecule has 2 saturated heterocycles. The largest absolute Gasteiger partial charge is 0.380 e. The Morgan fingerprint density at radius 1 is 1.30 bits per heavy atom. The van der Waals surface area contributed by atoms with Crippen molar-refractivity contribution in [2.24, 2.45) is 0 Å². The van der Waals surface area contributed by atoms with Gasteiger partial charge >= 0.3 is 0 Å². The summed E-state index contributed by atoms with van der Waals surface area (Å²) in [5, 5.41) is 2.94. The Kier molecular flexibility index (Phi) is 3.86. The van der Waals surface area contributed by atoms with E-state index in [1.165, 1.54) is 0 Å². The van der Waals surface area contributed by atoms with Gasteiger partial charge in [0.2, 0.25) is 0 Å². The third kappa shape index (κ3) is 2.76. The minimum Gasteiger partial charge on any atom is -0.380 e. The molecular weight excluding hydrogens is 287 g/mol. The molecule has 2 aliphatic heterocycles. The molecule has 0 bridgehead atoms. The molecule has 1 aromatic carbocycles. The highest BCUT2D eigenvalue weighted by Gasteiger charge is 2.40. The Morgan fingerprint density at radius 2 is 2.15 bits per heavy atom. The molecule has 2 unspecified atom stereocenters. The number of rotatable bonds is 2. The lowest BCUT2D eigenvalue weighted by molar-refractivity contribution is -0.0628. The third-order valence-corrected chi connectivity index (χ3v) is 5.14. The van der Waals surface area contributed by atoms with Crippen LogP contribution in [0.1, 0.15) is 19.3 Å². The summed E-state index contributed by atoms with van der Waals surface area (Å²) in [6.07, 6.45) is 2.44. The van der Waals surface area contributed by atoms with Gasteiger partial charge in [-0.05, 0) is 25.0 Å². The first-order valence-corrected chi connectivity index (χ1v) is 7.86. The van der Waals surface area contributed by atoms with E-state index in [1.54, 1.807) is 0 Å². The Balaban J connectivity index is 1.74. The fraction of sp³-hybridized carbons (Fsp3) is 0.571. The topological polar surface area (TPSA) is 21.3 Å². The number of benzene rings is 1. The van der Waals surface area contributed by atoms with E-state index < -0.39 is 17.5 Å². The number of anilines is 1. The van der Waals surface area contributed by atoms with Gasteiger partial charge in [0.1, 0.15) is 5.82 Å². The molecule has 2 heterocycles. The van der Waals surface area contributed by atoms with Crippen LogP contribution in [0.4, 0.5) is 18.9 Å². The molecule has 2 fully saturated rings. The van der Waals surface area contributed by atoms with E-state index in [9.17, 15) is 13.2 Å². The summed E-state index contributed by atoms with van der Waals surface area (Å²) in [5.41, 5.74) is -0.252. The SMILES string of the molecule is Fc1cc(F)c(F)c(NC2CCOC3(CCSC3)C2)c1. The maximum absolute atomic E-state index is 13.7. The highest BCUT2D eigenvalue weighted by Crippen LogP contribution is 2.39. The van der Waals surface area contributed by atoms with Crippen LogP contribution in [0.15, 0.2) is 12.1 Å². The van der Waals surface area contributed by atoms with Crippen molar-refractivity contribution in [1.82, 2.24) is 0 Å². The highest BCUT2D eigenvalue weighted by atomic mass is 32.2. The average Bonchev–Trinajstić information content (AvgIpc) is 2.83. The first-order chi connectivity index (χ1) is 9.58. The number of nitrogens with one attached hydrogen (secondary N) is 1. The molecule has 6 heteroatoms. The van der Waals surface area contributed by atoms with Crippen LogP contribution in [0.25, 0.3) is 0 Å². The fourth-order valence-corrected chi connectivity index (χ4v) is 4.27. The van der Waals surface area contributed by atoms with Gasteiger partial charge in [0.25, 0.3) is 0 Å². The summed E-state index contributed by atoms with van der Waals surface area (Å²) >= 11 is 1.85. The van der Waals surface area contributed by atoms with Gasteiger partial charge in [-0.3, -0.25) is 0 Å². The van der Waals surface area contributed by atoms with Crippen LogP contribution in [0.3, 0.4) is 0 Å². The van der Waals surface area contributed by atoms with E-state index in [0.29, 0.717) is 19.1 Å². The Morgan fingerprint density at radius 3 is 2.90 bits per heavy atom. The number of ether oxygens (including phenoxy) is 1. The zero-order chi connectivity index (χ0) is 14.2. The maximum Gasteiger partial charge on any atom is 0.182 e. The summed E-state index contributed by atoms with van der Waals surface area (Å²) in [6.45, 7) is 0.595. The van der Waals surface area contributed by atoms with Crippen molar-refractivity contribution in [3.05, 3.63) is 29.6 Å². The van der Waals surface area contributed by atoms with Gasteiger partial charge in [-0.2, -0.15) is 11.8 Å². The van der Waals surface area contributed by atoms with Crippen LogP contribution in [-0.4, -0.2) is 29.8 Å². The minimum atomic E-state index is -1.16. The average molecular weight is 303 g/mol. The second-order valence-electron chi connectivity index (χ2n) is 5.42. The van der Waals surface area contributed by atoms with Gasteiger partial charge in [-0.25, -0.2) is 13.2 Å². The van der Waals surface area contributed by atoms with Crippen LogP contribution < -0.4 is 5.32 Å². The van der Waals surface area contributed by atoms with E-state index in [4.69, 9.17) is 4.74 Å². The molecule has 1 aromatic rings. The van der Waals surface area contributed by atoms with Gasteiger partial charge in [0.15, 0.2) is 11.6 Å². The molecule has 2 nitrogen and oxygen atoms in total. The van der Waals surface area contributed by atoms with Crippen LogP contribution in [0.5, 0.6) is 0 Å². The molecule has 1 N–H and O–H groups in total. The molecule has 3 rings (SSSR count). The second-order valence-corrected chi connectivity index (χ2v) is 6.52. The molecule has 0 aliphatic carbocycles. The predicted molar refractivity (Wildman–Crippen MR) is 73.6 cm³/mol. The number of hydrogen-bond acceptors (Lipinski definition) is 3. The predicted octanol–water partition coefficient (Wildman–Crippen LogP) is 3.57. The molecule has 2 atom stereocenters. The van der Waals surface area contributed by atoms with Crippen molar-refractivity contribution in [3.8, 4) is 0 Å². The van der Waals surface area contributed by atoms with Crippen molar-refractivity contribution >= 4 is 17.4 Å². The Bertz CT molecular complexity index is 505. The molecule has 0 amide bonds. The Hall–Kier alpha value is -0.880. The van der Waals surface area contributed by atoms with Crippen LogP contribution in [0, 0.1) is 17.5 Å². The van der Waals surface area contributed by atoms with Gasteiger partial charge in [0, 0.05) is 30.5 Å². The lowest BCUT2D eigenvalue weighted by Gasteiger charge is -2.38. The van der Waals surface area contributed by atoms with Gasteiger partial charge < -0.3 is 10.1 Å². The summed E-state index contributed by atoms with van der Waals surface area (Å²) in [7, 11) is 0. The van der Waals surface area contributed by atoms with Crippen molar-refractivity contribution in [2.75, 3.05) is 23.4 Å². The summed E-state index contributed by atoms with van der Waals surface area (Å²) in [4.78, 5) is 0. The second kappa shape index (κ2) is 5.48. The Labute approximate surface area is 120 Å². The molecule has 0 radical (unpaired) electrons. The molecule has 110 valence electrons. The molecule has 1 spiro atoms. The molecule has 2 aliphatic rings. The maximum atomic E-state index is 13.7. The lowest BCUT2D eigenvalue weighted by atomic mass is 9.89. The van der Waals surface area contributed by atoms with Crippen molar-refractivity contribution < 1.29 is 17.9 Å². The van der Waals surface area contributed by atoms with E-state index in [-0.39, 0.29) is 17.3 Å². The van der Waals surface area contributed by atoms with Crippen molar-refractivity contribution in [2.45, 2.75) is 30.9 Å². The lowest BCUT2D eigenvalue weighted by Crippen LogP contribution is -2.44. The summed E-state index contributed by atoms with van der Waals surface area (Å²) in [6, 6.07) is 1.54. The number of halogens is 3. The number of hydrogen-bond donors (Lipinski definition) is 1. The van der Waals surface area contributed by atoms with Gasteiger partial charge in [-0.1, -0.05) is 0 Å². The van der Waals surface area contributed by atoms with Crippen LogP contribution >= 0.6 is 11.8 Å². The van der Waals surface area contributed by atoms with Gasteiger partial charge in [0.05, 0.1) is 11.3 Å². The smallest absolute Gasteiger partial charge is 0.182 e. The zero-order valence-corrected chi connectivity index (χ0v) is 11.7. The quantitative estimate of drug-likeness (QED) is 0.844. The molecule has 0 aromatic heterocycles. The highest BCUT2D eigenvalue weighted by molar-refractivity contribution is 7.99. The monoisotopic (exact) mass is 303 g/mol. The van der Waals surface area contributed by atoms with E-state index in [0.717, 1.165) is 30.4 Å². The van der Waals surface area contributed by atoms with Gasteiger partial charge in [-0.15, -0.1) is 0 Å². The normalized spacial score (nSPS) is 29.9. The van der Waals surface area contributed by atoms with Crippen LogP contribution in [-0.2, 0) is 4.74 Å². The number of thioether (sulfide) groups is 1. The van der Waals surface area contributed by atoms with E-state index in [2.05, 4.69) is 5.32 Å². The first-order valence-electron chi connectivity index (χ1n) is 6.71. The van der Waals surface area contributed by atoms with Crippen molar-refractivity contribution in [3.63, 3.8) is 0 Å². The molecular formula is C14H16F3NOS. The van der Waals surface area contributed by atoms with E-state index in [1.807, 2.05) is 11.8 Å². The molecule has 20 heavy (non-hydrogen) atoms.